The summed E-state index contributed by atoms with van der Waals surface area (Å²) in [5.41, 5.74) is 22.3. The topological polar surface area (TPSA) is 299 Å². The van der Waals surface area contributed by atoms with Gasteiger partial charge < -0.3 is 58.2 Å². The van der Waals surface area contributed by atoms with Gasteiger partial charge in [0.05, 0.1) is 28.7 Å². The first kappa shape index (κ1) is 52.6. The van der Waals surface area contributed by atoms with Crippen molar-refractivity contribution in [1.82, 2.24) is 31.2 Å². The van der Waals surface area contributed by atoms with Gasteiger partial charge in [-0.3, -0.25) is 33.8 Å². The number of aromatic nitrogens is 1. The lowest BCUT2D eigenvalue weighted by Gasteiger charge is -2.32. The van der Waals surface area contributed by atoms with E-state index in [1.807, 2.05) is 30.3 Å². The van der Waals surface area contributed by atoms with Gasteiger partial charge in [-0.2, -0.15) is 5.26 Å². The molecule has 2 heterocycles. The van der Waals surface area contributed by atoms with Gasteiger partial charge in [0.2, 0.25) is 29.5 Å². The smallest absolute Gasteiger partial charge is 0.253 e. The van der Waals surface area contributed by atoms with Crippen molar-refractivity contribution in [3.8, 4) is 40.0 Å². The number of nitriles is 1. The predicted molar refractivity (Wildman–Crippen MR) is 261 cm³/mol. The van der Waals surface area contributed by atoms with E-state index in [2.05, 4.69) is 47.4 Å². The quantitative estimate of drug-likeness (QED) is 0.0750. The molecule has 0 aliphatic carbocycles. The molecular formula is C50H63N11O8. The average Bonchev–Trinajstić information content (AvgIpc) is 3.31. The second-order valence-electron chi connectivity index (χ2n) is 17.7. The van der Waals surface area contributed by atoms with Crippen LogP contribution in [0.2, 0.25) is 0 Å². The van der Waals surface area contributed by atoms with Crippen LogP contribution in [0, 0.1) is 18.3 Å². The third kappa shape index (κ3) is 13.2. The van der Waals surface area contributed by atoms with Crippen LogP contribution in [0.25, 0.3) is 22.4 Å². The zero-order valence-electron chi connectivity index (χ0n) is 40.2. The number of carbonyl (C=O) groups is 6. The first-order valence-corrected chi connectivity index (χ1v) is 22.7. The van der Waals surface area contributed by atoms with Gasteiger partial charge in [0, 0.05) is 50.2 Å². The Kier molecular flexibility index (Phi) is 17.9. The van der Waals surface area contributed by atoms with E-state index in [1.165, 1.54) is 27.0 Å². The fourth-order valence-corrected chi connectivity index (χ4v) is 7.83. The molecule has 4 aromatic rings. The second kappa shape index (κ2) is 23.6. The number of aryl methyl sites for hydroxylation is 1. The van der Waals surface area contributed by atoms with Crippen LogP contribution in [0.15, 0.2) is 66.7 Å². The van der Waals surface area contributed by atoms with Crippen LogP contribution in [0.4, 0.5) is 5.69 Å². The molecule has 0 saturated heterocycles. The lowest BCUT2D eigenvalue weighted by atomic mass is 9.86. The summed E-state index contributed by atoms with van der Waals surface area (Å²) in [5, 5.41) is 22.7. The van der Waals surface area contributed by atoms with Crippen molar-refractivity contribution in [1.29, 1.82) is 5.26 Å². The first-order chi connectivity index (χ1) is 32.8. The van der Waals surface area contributed by atoms with Gasteiger partial charge in [-0.05, 0) is 79.3 Å². The molecule has 19 nitrogen and oxygen atoms in total. The van der Waals surface area contributed by atoms with Crippen molar-refractivity contribution >= 4 is 41.1 Å². The molecule has 0 fully saturated rings. The number of likely N-dealkylation sites (N-methyl/N-ethyl adjacent to an activating group) is 1. The van der Waals surface area contributed by atoms with Crippen molar-refractivity contribution < 1.29 is 38.2 Å². The van der Waals surface area contributed by atoms with Crippen LogP contribution < -0.4 is 53.3 Å². The zero-order valence-corrected chi connectivity index (χ0v) is 40.2. The highest BCUT2D eigenvalue weighted by Crippen LogP contribution is 2.40. The van der Waals surface area contributed by atoms with Gasteiger partial charge in [-0.1, -0.05) is 57.2 Å². The maximum absolute atomic E-state index is 14.8. The molecule has 69 heavy (non-hydrogen) atoms. The number of nitrogens with two attached hydrogens (primary N) is 3. The summed E-state index contributed by atoms with van der Waals surface area (Å²) in [6.07, 6.45) is -0.0628. The molecule has 3 aromatic carbocycles. The van der Waals surface area contributed by atoms with Crippen molar-refractivity contribution in [2.75, 3.05) is 51.8 Å². The van der Waals surface area contributed by atoms with E-state index in [4.69, 9.17) is 31.7 Å². The van der Waals surface area contributed by atoms with Gasteiger partial charge >= 0.3 is 0 Å². The molecule has 4 unspecified atom stereocenters. The summed E-state index contributed by atoms with van der Waals surface area (Å²) >= 11 is 0. The molecule has 11 N–H and O–H groups in total. The number of amides is 6. The number of ether oxygens (including phenoxy) is 2. The van der Waals surface area contributed by atoms with E-state index in [0.29, 0.717) is 45.1 Å². The number of anilines is 1. The Labute approximate surface area is 402 Å². The summed E-state index contributed by atoms with van der Waals surface area (Å²) < 4.78 is 12.2. The summed E-state index contributed by atoms with van der Waals surface area (Å²) in [4.78, 5) is 89.2. The van der Waals surface area contributed by atoms with Crippen molar-refractivity contribution in [3.05, 3.63) is 94.7 Å². The van der Waals surface area contributed by atoms with E-state index in [1.54, 1.807) is 43.3 Å². The van der Waals surface area contributed by atoms with E-state index in [9.17, 15) is 34.0 Å². The van der Waals surface area contributed by atoms with Crippen LogP contribution >= 0.6 is 0 Å². The lowest BCUT2D eigenvalue weighted by molar-refractivity contribution is -0.141. The Morgan fingerprint density at radius 1 is 0.899 bits per heavy atom. The minimum atomic E-state index is -1.44. The number of benzene rings is 3. The number of rotatable bonds is 16. The maximum atomic E-state index is 14.8. The molecule has 0 spiro atoms. The fraction of sp³-hybridized carbons (Fsp3) is 0.400. The number of fused-ring (bicyclic) bond motifs is 5. The zero-order chi connectivity index (χ0) is 50.6. The number of hydrogen-bond acceptors (Lipinski definition) is 13. The summed E-state index contributed by atoms with van der Waals surface area (Å²) in [6.45, 7) is 11.0. The second-order valence-corrected chi connectivity index (χ2v) is 17.7. The molecule has 1 aromatic heterocycles. The van der Waals surface area contributed by atoms with E-state index >= 15 is 0 Å². The molecule has 4 bridgehead atoms. The molecular weight excluding hydrogens is 883 g/mol. The van der Waals surface area contributed by atoms with Crippen LogP contribution in [-0.4, -0.2) is 110 Å². The van der Waals surface area contributed by atoms with Crippen molar-refractivity contribution in [2.24, 2.45) is 17.2 Å². The molecule has 5 rings (SSSR count). The third-order valence-electron chi connectivity index (χ3n) is 11.4. The van der Waals surface area contributed by atoms with E-state index < -0.39 is 53.7 Å². The largest absolute Gasteiger partial charge is 0.492 e. The first-order valence-electron chi connectivity index (χ1n) is 22.7. The van der Waals surface area contributed by atoms with Crippen LogP contribution in [0.5, 0.6) is 11.5 Å². The van der Waals surface area contributed by atoms with Crippen LogP contribution in [0.3, 0.4) is 0 Å². The molecule has 6 amide bonds. The Morgan fingerprint density at radius 2 is 1.54 bits per heavy atom. The summed E-state index contributed by atoms with van der Waals surface area (Å²) in [5.74, 6) is -3.19. The monoisotopic (exact) mass is 945 g/mol. The van der Waals surface area contributed by atoms with Crippen molar-refractivity contribution in [2.45, 2.75) is 84.0 Å². The van der Waals surface area contributed by atoms with Crippen LogP contribution in [-0.2, 0) is 35.8 Å². The molecule has 1 aliphatic heterocycles. The molecule has 0 radical (unpaired) electrons. The fourth-order valence-electron chi connectivity index (χ4n) is 7.83. The lowest BCUT2D eigenvalue weighted by Crippen LogP contribution is -2.56. The highest BCUT2D eigenvalue weighted by atomic mass is 16.5. The molecule has 366 valence electrons. The number of hydrogen-bond donors (Lipinski definition) is 8. The van der Waals surface area contributed by atoms with E-state index in [-0.39, 0.29) is 80.4 Å². The SMILES string of the molecule is CC(=O)Nc1cc(C(=O)NC(CCN)C(=O)N(C)C2C(=O)NC(C)C(=O)NC(C(=O)NCC#N)Cc3ccc(OCCN)c(c3)-c3cc2ccc3OCCN)c(C)nc1-c1ccc(C(C)(C)C)cc1. The summed E-state index contributed by atoms with van der Waals surface area (Å²) in [7, 11) is 1.39. The summed E-state index contributed by atoms with van der Waals surface area (Å²) in [6, 6.07) is 16.1. The minimum absolute atomic E-state index is 0.0135. The Bertz CT molecular complexity index is 2590. The number of nitrogens with one attached hydrogen (secondary N) is 5. The van der Waals surface area contributed by atoms with E-state index in [0.717, 1.165) is 10.5 Å². The average molecular weight is 946 g/mol. The molecule has 1 aliphatic rings. The number of pyridine rings is 1. The number of nitrogens with zero attached hydrogens (tertiary/aromatic N) is 3. The molecule has 0 saturated carbocycles. The Balaban J connectivity index is 1.59. The molecule has 4 atom stereocenters. The third-order valence-corrected chi connectivity index (χ3v) is 11.4. The van der Waals surface area contributed by atoms with Gasteiger partial charge in [-0.25, -0.2) is 0 Å². The highest BCUT2D eigenvalue weighted by molar-refractivity contribution is 6.02. The van der Waals surface area contributed by atoms with Crippen molar-refractivity contribution in [3.63, 3.8) is 0 Å². The van der Waals surface area contributed by atoms with Gasteiger partial charge in [0.15, 0.2) is 0 Å². The highest BCUT2D eigenvalue weighted by Gasteiger charge is 2.36. The van der Waals surface area contributed by atoms with Gasteiger partial charge in [-0.15, -0.1) is 0 Å². The van der Waals surface area contributed by atoms with Crippen LogP contribution in [0.1, 0.15) is 79.8 Å². The Hall–Kier alpha value is -7.40. The van der Waals surface area contributed by atoms with Gasteiger partial charge in [0.25, 0.3) is 5.91 Å². The number of carbonyl (C=O) groups excluding carboxylic acids is 6. The predicted octanol–water partition coefficient (Wildman–Crippen LogP) is 2.49. The molecule has 19 heteroatoms. The van der Waals surface area contributed by atoms with Gasteiger partial charge in [0.1, 0.15) is 55.4 Å². The maximum Gasteiger partial charge on any atom is 0.253 e. The normalized spacial score (nSPS) is 16.3. The standard InChI is InChI=1S/C50H63N11O8/c1-28-35(27-39(58-30(3)62)43(56-28)32-9-12-34(13-10-32)50(4,5)6)46(64)59-38(16-17-51)49(67)61(7)44-33-11-15-42(69-23-20-54)37(26-33)36-24-31(8-14-41(36)68-22-19-53)25-40(47(65)55-21-18-52)60-45(63)29(2)57-48(44)66/h8-15,24,26-27,29,38,40,44H,16-17,19-23,25,51,53-54H2,1-7H3,(H,55,65)(H,57,66)(H,58,62)(H,59,64)(H,60,63). The minimum Gasteiger partial charge on any atom is -0.492 e. The Morgan fingerprint density at radius 3 is 2.13 bits per heavy atom.